The van der Waals surface area contributed by atoms with Gasteiger partial charge < -0.3 is 23.7 Å². The van der Waals surface area contributed by atoms with Crippen LogP contribution in [0.25, 0.3) is 0 Å². The Labute approximate surface area is 299 Å². The first-order chi connectivity index (χ1) is 24.5. The van der Waals surface area contributed by atoms with Gasteiger partial charge in [0.15, 0.2) is 6.23 Å². The third-order valence-corrected chi connectivity index (χ3v) is 14.6. The van der Waals surface area contributed by atoms with Crippen LogP contribution in [0.2, 0.25) is 5.04 Å². The van der Waals surface area contributed by atoms with E-state index in [2.05, 4.69) is 50.0 Å². The summed E-state index contributed by atoms with van der Waals surface area (Å²) >= 11 is 0. The maximum Gasteiger partial charge on any atom is 0.330 e. The minimum atomic E-state index is -3.12. The molecule has 4 atom stereocenters. The van der Waals surface area contributed by atoms with E-state index in [-0.39, 0.29) is 31.5 Å². The third kappa shape index (κ3) is 7.62. The molecule has 266 valence electrons. The maximum atomic E-state index is 13.3. The zero-order valence-electron chi connectivity index (χ0n) is 29.5. The van der Waals surface area contributed by atoms with Crippen molar-refractivity contribution in [3.63, 3.8) is 0 Å². The predicted molar refractivity (Wildman–Crippen MR) is 200 cm³/mol. The van der Waals surface area contributed by atoms with E-state index >= 15 is 0 Å². The van der Waals surface area contributed by atoms with Gasteiger partial charge in [0, 0.05) is 11.8 Å². The number of aryl methyl sites for hydroxylation is 1. The molecule has 1 aliphatic rings. The molecule has 4 aromatic carbocycles. The Hall–Kier alpha value is -4.42. The van der Waals surface area contributed by atoms with Gasteiger partial charge in [-0.1, -0.05) is 142 Å². The van der Waals surface area contributed by atoms with E-state index in [0.29, 0.717) is 5.56 Å². The number of aliphatic hydroxyl groups is 1. The first-order valence-corrected chi connectivity index (χ1v) is 19.2. The summed E-state index contributed by atoms with van der Waals surface area (Å²) in [4.78, 5) is 28.0. The number of aromatic amines is 1. The van der Waals surface area contributed by atoms with Crippen LogP contribution >= 0.6 is 0 Å². The Morgan fingerprint density at radius 2 is 1.29 bits per heavy atom. The van der Waals surface area contributed by atoms with E-state index in [9.17, 15) is 14.7 Å². The Morgan fingerprint density at radius 3 is 1.82 bits per heavy atom. The predicted octanol–water partition coefficient (Wildman–Crippen LogP) is 4.85. The van der Waals surface area contributed by atoms with Gasteiger partial charge in [-0.05, 0) is 33.5 Å². The highest BCUT2D eigenvalue weighted by Gasteiger charge is 2.59. The Kier molecular flexibility index (Phi) is 11.0. The van der Waals surface area contributed by atoms with E-state index in [0.717, 1.165) is 21.5 Å². The molecule has 2 N–H and O–H groups in total. The number of aliphatic hydroxyl groups excluding tert-OH is 1. The quantitative estimate of drug-likeness (QED) is 0.169. The smallest absolute Gasteiger partial charge is 0.330 e. The second-order valence-electron chi connectivity index (χ2n) is 14.2. The lowest BCUT2D eigenvalue weighted by atomic mass is 9.96. The number of aromatic nitrogens is 2. The van der Waals surface area contributed by atoms with Crippen LogP contribution in [0.1, 0.15) is 43.7 Å². The summed E-state index contributed by atoms with van der Waals surface area (Å²) < 4.78 is 28.6. The van der Waals surface area contributed by atoms with Crippen molar-refractivity contribution in [2.75, 3.05) is 13.2 Å². The number of hydrogen-bond acceptors (Lipinski definition) is 7. The van der Waals surface area contributed by atoms with Gasteiger partial charge in [-0.25, -0.2) is 4.79 Å². The van der Waals surface area contributed by atoms with Crippen LogP contribution in [-0.2, 0) is 31.9 Å². The van der Waals surface area contributed by atoms with Gasteiger partial charge in [-0.2, -0.15) is 0 Å². The lowest BCUT2D eigenvalue weighted by molar-refractivity contribution is -0.173. The number of H-pyrrole nitrogens is 1. The summed E-state index contributed by atoms with van der Waals surface area (Å²) in [5.41, 5.74) is -0.446. The Bertz CT molecular complexity index is 1940. The van der Waals surface area contributed by atoms with Crippen molar-refractivity contribution in [2.24, 2.45) is 0 Å². The number of nitrogens with zero attached hydrogens (tertiary/aromatic N) is 1. The minimum Gasteiger partial charge on any atom is -0.404 e. The van der Waals surface area contributed by atoms with Gasteiger partial charge >= 0.3 is 5.69 Å². The van der Waals surface area contributed by atoms with Gasteiger partial charge in [-0.3, -0.25) is 14.3 Å². The van der Waals surface area contributed by atoms with Crippen LogP contribution in [0.5, 0.6) is 0 Å². The van der Waals surface area contributed by atoms with E-state index < -0.39 is 43.6 Å². The molecular formula is C41H46N2O7Si. The van der Waals surface area contributed by atoms with Crippen LogP contribution in [0.4, 0.5) is 0 Å². The molecule has 0 bridgehead atoms. The van der Waals surface area contributed by atoms with Gasteiger partial charge in [0.05, 0.1) is 26.4 Å². The average molecular weight is 707 g/mol. The summed E-state index contributed by atoms with van der Waals surface area (Å²) in [6.45, 7) is 8.56. The monoisotopic (exact) mass is 706 g/mol. The van der Waals surface area contributed by atoms with E-state index in [1.165, 1.54) is 10.8 Å². The van der Waals surface area contributed by atoms with Crippen LogP contribution < -0.4 is 21.6 Å². The summed E-state index contributed by atoms with van der Waals surface area (Å²) in [6.07, 6.45) is -2.14. The van der Waals surface area contributed by atoms with Crippen LogP contribution in [-0.4, -0.2) is 54.0 Å². The highest BCUT2D eigenvalue weighted by atomic mass is 28.4. The molecular weight excluding hydrogens is 661 g/mol. The Morgan fingerprint density at radius 1 is 0.784 bits per heavy atom. The number of nitrogens with one attached hydrogen (secondary N) is 1. The maximum absolute atomic E-state index is 13.3. The summed E-state index contributed by atoms with van der Waals surface area (Å²) in [5, 5.41) is 13.9. The average Bonchev–Trinajstić information content (AvgIpc) is 3.40. The summed E-state index contributed by atoms with van der Waals surface area (Å²) in [7, 11) is -3.12. The molecule has 0 unspecified atom stereocenters. The molecule has 1 saturated heterocycles. The van der Waals surface area contributed by atoms with Crippen molar-refractivity contribution >= 4 is 18.7 Å². The summed E-state index contributed by atoms with van der Waals surface area (Å²) in [6, 6.07) is 40.0. The van der Waals surface area contributed by atoms with E-state index in [1.54, 1.807) is 6.92 Å². The molecule has 51 heavy (non-hydrogen) atoms. The highest BCUT2D eigenvalue weighted by molar-refractivity contribution is 6.99. The third-order valence-electron chi connectivity index (χ3n) is 9.58. The van der Waals surface area contributed by atoms with Crippen molar-refractivity contribution in [3.05, 3.63) is 165 Å². The summed E-state index contributed by atoms with van der Waals surface area (Å²) in [5.74, 6) is 0. The standard InChI is InChI=1S/C41H46N2O7Si/c1-30-25-43(39(46)42-37(30)45)38-35(44)36(48-27-32-19-11-6-12-20-32)41(50-38,28-47-26-31-17-9-5-10-18-31)29-49-51(40(2,3)4,33-21-13-7-14-22-33)34-23-15-8-16-24-34/h5-25,35-36,38,44H,26-29H2,1-4H3,(H,42,45,46)/t35-,36+,38-,41+/m1/s1. The van der Waals surface area contributed by atoms with Crippen molar-refractivity contribution in [2.45, 2.75) is 70.0 Å². The van der Waals surface area contributed by atoms with E-state index in [4.69, 9.17) is 18.6 Å². The SMILES string of the molecule is Cc1cn([C@@H]2O[C@@](COCc3ccccc3)(CO[Si](c3ccccc3)(c3ccccc3)C(C)(C)C)[C@@H](OCc3ccccc3)[C@H]2O)c(=O)[nH]c1=O. The molecule has 0 radical (unpaired) electrons. The molecule has 2 heterocycles. The number of hydrogen-bond donors (Lipinski definition) is 2. The second kappa shape index (κ2) is 15.4. The fraction of sp³-hybridized carbons (Fsp3) is 0.317. The van der Waals surface area contributed by atoms with Crippen LogP contribution in [0.15, 0.2) is 137 Å². The van der Waals surface area contributed by atoms with E-state index in [1.807, 2.05) is 97.1 Å². The first-order valence-electron chi connectivity index (χ1n) is 17.2. The molecule has 10 heteroatoms. The fourth-order valence-electron chi connectivity index (χ4n) is 7.03. The molecule has 1 fully saturated rings. The zero-order chi connectivity index (χ0) is 36.1. The lowest BCUT2D eigenvalue weighted by Crippen LogP contribution is -2.68. The number of rotatable bonds is 13. The number of benzene rings is 4. The number of ether oxygens (including phenoxy) is 3. The van der Waals surface area contributed by atoms with Crippen molar-refractivity contribution < 1.29 is 23.7 Å². The molecule has 0 spiro atoms. The Balaban J connectivity index is 1.47. The highest BCUT2D eigenvalue weighted by Crippen LogP contribution is 2.43. The molecule has 0 amide bonds. The lowest BCUT2D eigenvalue weighted by Gasteiger charge is -2.45. The second-order valence-corrected chi connectivity index (χ2v) is 18.5. The van der Waals surface area contributed by atoms with Crippen LogP contribution in [0.3, 0.4) is 0 Å². The topological polar surface area (TPSA) is 112 Å². The molecule has 5 aromatic rings. The molecule has 0 aliphatic carbocycles. The van der Waals surface area contributed by atoms with Gasteiger partial charge in [0.1, 0.15) is 17.8 Å². The minimum absolute atomic E-state index is 0.0236. The zero-order valence-corrected chi connectivity index (χ0v) is 30.5. The van der Waals surface area contributed by atoms with Crippen LogP contribution in [0, 0.1) is 6.92 Å². The van der Waals surface area contributed by atoms with Crippen molar-refractivity contribution in [1.82, 2.24) is 9.55 Å². The normalized spacial score (nSPS) is 20.8. The fourth-order valence-corrected chi connectivity index (χ4v) is 11.6. The molecule has 1 aromatic heterocycles. The van der Waals surface area contributed by atoms with Gasteiger partial charge in [0.25, 0.3) is 13.9 Å². The van der Waals surface area contributed by atoms with Gasteiger partial charge in [0.2, 0.25) is 0 Å². The first kappa shape index (κ1) is 36.4. The molecule has 1 aliphatic heterocycles. The molecule has 9 nitrogen and oxygen atoms in total. The van der Waals surface area contributed by atoms with Crippen molar-refractivity contribution in [3.8, 4) is 0 Å². The van der Waals surface area contributed by atoms with Gasteiger partial charge in [-0.15, -0.1) is 0 Å². The largest absolute Gasteiger partial charge is 0.404 e. The van der Waals surface area contributed by atoms with Crippen molar-refractivity contribution in [1.29, 1.82) is 0 Å². The molecule has 0 saturated carbocycles. The molecule has 6 rings (SSSR count).